The normalized spacial score (nSPS) is 14.6. The molecule has 12 rings (SSSR count). The van der Waals surface area contributed by atoms with Crippen LogP contribution in [0.25, 0.3) is 99.1 Å². The van der Waals surface area contributed by atoms with Gasteiger partial charge in [0.15, 0.2) is 0 Å². The molecule has 0 atom stereocenters. The molecule has 2 aromatic heterocycles. The smallest absolute Gasteiger partial charge is 0.0553 e. The highest BCUT2D eigenvalue weighted by Crippen LogP contribution is 2.50. The van der Waals surface area contributed by atoms with Gasteiger partial charge < -0.3 is 9.13 Å². The summed E-state index contributed by atoms with van der Waals surface area (Å²) >= 11 is 0. The van der Waals surface area contributed by atoms with Crippen LogP contribution in [0.1, 0.15) is 51.7 Å². The van der Waals surface area contributed by atoms with Crippen LogP contribution in [0.2, 0.25) is 0 Å². The van der Waals surface area contributed by atoms with E-state index in [0.29, 0.717) is 0 Å². The zero-order valence-electron chi connectivity index (χ0n) is 35.8. The van der Waals surface area contributed by atoms with Crippen molar-refractivity contribution in [2.45, 2.75) is 51.4 Å². The van der Waals surface area contributed by atoms with Gasteiger partial charge in [0.25, 0.3) is 0 Å². The molecule has 0 aliphatic heterocycles. The maximum atomic E-state index is 2.48. The van der Waals surface area contributed by atoms with Crippen molar-refractivity contribution in [3.05, 3.63) is 205 Å². The molecule has 1 aliphatic rings. The molecular weight excluding hydrogens is 749 g/mol. The van der Waals surface area contributed by atoms with Gasteiger partial charge in [0, 0.05) is 32.8 Å². The molecule has 2 heteroatoms. The molecule has 62 heavy (non-hydrogen) atoms. The third kappa shape index (κ3) is 5.49. The van der Waals surface area contributed by atoms with Crippen LogP contribution in [-0.4, -0.2) is 9.13 Å². The maximum absolute atomic E-state index is 2.48. The number of benzene rings is 9. The highest BCUT2D eigenvalue weighted by atomic mass is 15.0. The summed E-state index contributed by atoms with van der Waals surface area (Å²) in [7, 11) is 0. The predicted molar refractivity (Wildman–Crippen MR) is 264 cm³/mol. The van der Waals surface area contributed by atoms with Crippen LogP contribution in [0.3, 0.4) is 0 Å². The van der Waals surface area contributed by atoms with Gasteiger partial charge in [0.05, 0.1) is 27.8 Å². The van der Waals surface area contributed by atoms with Crippen LogP contribution < -0.4 is 0 Å². The number of rotatable bonds is 5. The van der Waals surface area contributed by atoms with Crippen molar-refractivity contribution in [3.8, 4) is 44.8 Å². The number of nitrogens with zero attached hydrogens (tertiary/aromatic N) is 2. The summed E-state index contributed by atoms with van der Waals surface area (Å²) < 4.78 is 4.91. The first-order chi connectivity index (χ1) is 30.3. The van der Waals surface area contributed by atoms with Crippen LogP contribution in [0, 0.1) is 0 Å². The molecule has 9 aromatic carbocycles. The van der Waals surface area contributed by atoms with Crippen molar-refractivity contribution in [2.24, 2.45) is 0 Å². The molecule has 298 valence electrons. The number of para-hydroxylation sites is 4. The van der Waals surface area contributed by atoms with Gasteiger partial charge in [-0.2, -0.15) is 0 Å². The van der Waals surface area contributed by atoms with E-state index in [9.17, 15) is 0 Å². The molecule has 2 nitrogen and oxygen atoms in total. The largest absolute Gasteiger partial charge is 0.309 e. The van der Waals surface area contributed by atoms with Gasteiger partial charge in [-0.25, -0.2) is 0 Å². The summed E-state index contributed by atoms with van der Waals surface area (Å²) in [5.74, 6) is 0. The first kappa shape index (κ1) is 36.7. The van der Waals surface area contributed by atoms with E-state index in [4.69, 9.17) is 0 Å². The van der Waals surface area contributed by atoms with E-state index in [-0.39, 0.29) is 10.8 Å². The predicted octanol–water partition coefficient (Wildman–Crippen LogP) is 16.4. The average molecular weight is 797 g/mol. The standard InChI is InChI=1S/C60H48N2/c1-59(2)36-37-60(3,4)58-44(22-15-23-51(58)59)40-32-34-42(35-33-40)61-55-27-14-10-21-49(55)57-48-20-6-5-17-45(48)50(38-56(57)61)41-30-28-39(29-31-41)43-16-7-11-24-52(43)62-53-25-12-8-18-46(53)47-19-9-13-26-54(47)62/h5-35,38H,36-37H2,1-4H3. The molecule has 0 amide bonds. The molecule has 0 saturated carbocycles. The van der Waals surface area contributed by atoms with Gasteiger partial charge in [-0.05, 0) is 116 Å². The second kappa shape index (κ2) is 13.7. The van der Waals surface area contributed by atoms with Crippen molar-refractivity contribution >= 4 is 54.4 Å². The number of hydrogen-bond acceptors (Lipinski definition) is 0. The Morgan fingerprint density at radius 3 is 1.52 bits per heavy atom. The molecule has 0 spiro atoms. The molecule has 0 fully saturated rings. The molecular formula is C60H48N2. The zero-order valence-corrected chi connectivity index (χ0v) is 35.8. The van der Waals surface area contributed by atoms with E-state index in [1.165, 1.54) is 123 Å². The molecule has 0 radical (unpaired) electrons. The van der Waals surface area contributed by atoms with Gasteiger partial charge in [-0.3, -0.25) is 0 Å². The Bertz CT molecular complexity index is 3500. The van der Waals surface area contributed by atoms with Gasteiger partial charge in [-0.15, -0.1) is 0 Å². The van der Waals surface area contributed by atoms with Crippen molar-refractivity contribution < 1.29 is 0 Å². The quantitative estimate of drug-likeness (QED) is 0.164. The minimum Gasteiger partial charge on any atom is -0.309 e. The summed E-state index contributed by atoms with van der Waals surface area (Å²) in [6, 6.07) is 72.2. The molecule has 0 saturated heterocycles. The Kier molecular flexibility index (Phi) is 8.09. The fourth-order valence-electron chi connectivity index (χ4n) is 11.0. The van der Waals surface area contributed by atoms with E-state index in [1.54, 1.807) is 0 Å². The Morgan fingerprint density at radius 2 is 0.839 bits per heavy atom. The Hall–Kier alpha value is -7.16. The van der Waals surface area contributed by atoms with Gasteiger partial charge in [0.1, 0.15) is 0 Å². The van der Waals surface area contributed by atoms with Crippen LogP contribution in [0.4, 0.5) is 0 Å². The lowest BCUT2D eigenvalue weighted by Crippen LogP contribution is -2.34. The molecule has 0 unspecified atom stereocenters. The topological polar surface area (TPSA) is 9.86 Å². The van der Waals surface area contributed by atoms with E-state index < -0.39 is 0 Å². The van der Waals surface area contributed by atoms with Crippen molar-refractivity contribution in [1.82, 2.24) is 9.13 Å². The molecule has 11 aromatic rings. The summed E-state index contributed by atoms with van der Waals surface area (Å²) in [5, 5.41) is 7.64. The fourth-order valence-corrected chi connectivity index (χ4v) is 11.0. The lowest BCUT2D eigenvalue weighted by molar-refractivity contribution is 0.333. The Balaban J connectivity index is 1.000. The molecule has 0 bridgehead atoms. The van der Waals surface area contributed by atoms with Gasteiger partial charge in [0.2, 0.25) is 0 Å². The van der Waals surface area contributed by atoms with Gasteiger partial charge >= 0.3 is 0 Å². The average Bonchev–Trinajstić information content (AvgIpc) is 3.83. The fraction of sp³-hybridized carbons (Fsp3) is 0.133. The number of aromatic nitrogens is 2. The van der Waals surface area contributed by atoms with Crippen LogP contribution in [0.15, 0.2) is 194 Å². The minimum absolute atomic E-state index is 0.123. The number of fused-ring (bicyclic) bond motifs is 9. The van der Waals surface area contributed by atoms with Gasteiger partial charge in [-0.1, -0.05) is 179 Å². The summed E-state index contributed by atoms with van der Waals surface area (Å²) in [4.78, 5) is 0. The second-order valence-electron chi connectivity index (χ2n) is 18.7. The van der Waals surface area contributed by atoms with Crippen molar-refractivity contribution in [3.63, 3.8) is 0 Å². The van der Waals surface area contributed by atoms with E-state index in [2.05, 4.69) is 231 Å². The Morgan fingerprint density at radius 1 is 0.355 bits per heavy atom. The summed E-state index contributed by atoms with van der Waals surface area (Å²) in [6.45, 7) is 9.68. The number of hydrogen-bond donors (Lipinski definition) is 0. The third-order valence-electron chi connectivity index (χ3n) is 14.2. The van der Waals surface area contributed by atoms with Crippen molar-refractivity contribution in [1.29, 1.82) is 0 Å². The minimum atomic E-state index is 0.123. The third-order valence-corrected chi connectivity index (χ3v) is 14.2. The molecule has 0 N–H and O–H groups in total. The van der Waals surface area contributed by atoms with E-state index in [0.717, 1.165) is 0 Å². The SMILES string of the molecule is CC1(C)CCC(C)(C)c2c(-c3ccc(-n4c5ccccc5c5c6ccccc6c(-c6ccc(-c7ccccc7-n7c8ccccc8c8ccccc87)cc6)cc54)cc3)cccc21. The first-order valence-corrected chi connectivity index (χ1v) is 22.1. The van der Waals surface area contributed by atoms with Crippen LogP contribution in [0.5, 0.6) is 0 Å². The molecule has 2 heterocycles. The highest BCUT2D eigenvalue weighted by molar-refractivity contribution is 6.24. The van der Waals surface area contributed by atoms with E-state index >= 15 is 0 Å². The van der Waals surface area contributed by atoms with E-state index in [1.807, 2.05) is 0 Å². The lowest BCUT2D eigenvalue weighted by Gasteiger charge is -2.43. The maximum Gasteiger partial charge on any atom is 0.0553 e. The molecule has 1 aliphatic carbocycles. The monoisotopic (exact) mass is 796 g/mol. The van der Waals surface area contributed by atoms with Crippen LogP contribution in [-0.2, 0) is 10.8 Å². The summed E-state index contributed by atoms with van der Waals surface area (Å²) in [6.07, 6.45) is 2.40. The van der Waals surface area contributed by atoms with Crippen molar-refractivity contribution in [2.75, 3.05) is 0 Å². The lowest BCUT2D eigenvalue weighted by atomic mass is 9.61. The van der Waals surface area contributed by atoms with Crippen LogP contribution >= 0.6 is 0 Å². The zero-order chi connectivity index (χ0) is 41.7. The Labute approximate surface area is 363 Å². The first-order valence-electron chi connectivity index (χ1n) is 22.1. The second-order valence-corrected chi connectivity index (χ2v) is 18.7. The highest BCUT2D eigenvalue weighted by Gasteiger charge is 2.38. The summed E-state index contributed by atoms with van der Waals surface area (Å²) in [5.41, 5.74) is 18.0.